The van der Waals surface area contributed by atoms with Crippen LogP contribution >= 0.6 is 0 Å². The predicted octanol–water partition coefficient (Wildman–Crippen LogP) is 3.44. The molecule has 2 aliphatic carbocycles. The molecule has 33 heavy (non-hydrogen) atoms. The van der Waals surface area contributed by atoms with Gasteiger partial charge in [0.25, 0.3) is 6.43 Å². The lowest BCUT2D eigenvalue weighted by Crippen LogP contribution is -2.42. The molecule has 0 spiro atoms. The first-order valence-corrected chi connectivity index (χ1v) is 10.6. The van der Waals surface area contributed by atoms with Gasteiger partial charge in [0.05, 0.1) is 18.9 Å². The Bertz CT molecular complexity index is 1060. The summed E-state index contributed by atoms with van der Waals surface area (Å²) in [4.78, 5) is 6.11. The van der Waals surface area contributed by atoms with Crippen LogP contribution in [0, 0.1) is 5.92 Å². The van der Waals surface area contributed by atoms with Gasteiger partial charge >= 0.3 is 6.36 Å². The highest BCUT2D eigenvalue weighted by atomic mass is 19.4. The molecule has 7 nitrogen and oxygen atoms in total. The van der Waals surface area contributed by atoms with Gasteiger partial charge in [-0.05, 0) is 24.5 Å². The number of fused-ring (bicyclic) bond motifs is 1. The van der Waals surface area contributed by atoms with Gasteiger partial charge in [-0.25, -0.2) is 13.8 Å². The minimum Gasteiger partial charge on any atom is -0.402 e. The number of anilines is 1. The van der Waals surface area contributed by atoms with Crippen LogP contribution in [0.4, 0.5) is 27.8 Å². The highest BCUT2D eigenvalue weighted by molar-refractivity contribution is 5.65. The van der Waals surface area contributed by atoms with Crippen molar-refractivity contribution in [3.05, 3.63) is 35.7 Å². The maximum Gasteiger partial charge on any atom is 0.573 e. The molecular formula is C21H22F5N5O2. The topological polar surface area (TPSA) is 78.4 Å². The number of ether oxygens (including phenoxy) is 2. The van der Waals surface area contributed by atoms with Crippen LogP contribution in [0.1, 0.15) is 18.0 Å². The fourth-order valence-corrected chi connectivity index (χ4v) is 4.83. The van der Waals surface area contributed by atoms with E-state index >= 15 is 0 Å². The van der Waals surface area contributed by atoms with Crippen molar-refractivity contribution in [3.8, 4) is 17.0 Å². The van der Waals surface area contributed by atoms with Crippen LogP contribution in [-0.2, 0) is 11.3 Å². The van der Waals surface area contributed by atoms with Crippen molar-refractivity contribution in [2.45, 2.75) is 37.7 Å². The fraction of sp³-hybridized carbons (Fsp3) is 0.524. The molecule has 2 aromatic heterocycles. The summed E-state index contributed by atoms with van der Waals surface area (Å²) in [7, 11) is 0. The van der Waals surface area contributed by atoms with E-state index < -0.39 is 30.9 Å². The van der Waals surface area contributed by atoms with E-state index in [1.807, 2.05) is 0 Å². The molecule has 1 aliphatic heterocycles. The van der Waals surface area contributed by atoms with Crippen LogP contribution in [-0.4, -0.2) is 64.8 Å². The average molecular weight is 471 g/mol. The number of alkyl halides is 5. The zero-order valence-electron chi connectivity index (χ0n) is 17.4. The van der Waals surface area contributed by atoms with E-state index in [4.69, 9.17) is 10.5 Å². The normalized spacial score (nSPS) is 25.3. The molecule has 3 aliphatic rings. The van der Waals surface area contributed by atoms with Crippen LogP contribution in [0.3, 0.4) is 0 Å². The lowest BCUT2D eigenvalue weighted by Gasteiger charge is -2.32. The van der Waals surface area contributed by atoms with Gasteiger partial charge in [-0.3, -0.25) is 9.58 Å². The number of nitrogens with two attached hydrogens (primary N) is 1. The van der Waals surface area contributed by atoms with Crippen molar-refractivity contribution in [3.63, 3.8) is 0 Å². The van der Waals surface area contributed by atoms with Crippen molar-refractivity contribution in [1.29, 1.82) is 0 Å². The molecule has 12 heteroatoms. The number of aromatic nitrogens is 3. The molecule has 0 radical (unpaired) electrons. The Balaban J connectivity index is 1.41. The Morgan fingerprint density at radius 3 is 2.61 bits per heavy atom. The summed E-state index contributed by atoms with van der Waals surface area (Å²) in [6.45, 7) is 2.53. The quantitative estimate of drug-likeness (QED) is 0.514. The number of nitrogen functional groups attached to an aromatic ring is 1. The zero-order valence-corrected chi connectivity index (χ0v) is 17.4. The van der Waals surface area contributed by atoms with E-state index in [-0.39, 0.29) is 23.1 Å². The number of morpholine rings is 1. The Kier molecular flexibility index (Phi) is 5.52. The molecule has 2 fully saturated rings. The van der Waals surface area contributed by atoms with E-state index in [2.05, 4.69) is 25.8 Å². The van der Waals surface area contributed by atoms with Crippen molar-refractivity contribution >= 4 is 5.82 Å². The summed E-state index contributed by atoms with van der Waals surface area (Å²) in [5, 5.41) is 4.25. The molecule has 2 aromatic rings. The van der Waals surface area contributed by atoms with Crippen molar-refractivity contribution in [2.75, 3.05) is 32.0 Å². The third kappa shape index (κ3) is 4.54. The van der Waals surface area contributed by atoms with Gasteiger partial charge in [0.1, 0.15) is 6.54 Å². The number of hydrogen-bond acceptors (Lipinski definition) is 6. The van der Waals surface area contributed by atoms with Gasteiger partial charge in [-0.1, -0.05) is 11.6 Å². The van der Waals surface area contributed by atoms with Gasteiger partial charge < -0.3 is 15.2 Å². The summed E-state index contributed by atoms with van der Waals surface area (Å²) >= 11 is 0. The van der Waals surface area contributed by atoms with Crippen molar-refractivity contribution in [1.82, 2.24) is 19.7 Å². The third-order valence-electron chi connectivity index (χ3n) is 6.32. The lowest BCUT2D eigenvalue weighted by atomic mass is 10.1. The van der Waals surface area contributed by atoms with Gasteiger partial charge in [-0.15, -0.1) is 13.2 Å². The molecule has 1 saturated heterocycles. The maximum atomic E-state index is 13.2. The molecule has 178 valence electrons. The molecule has 0 aromatic carbocycles. The van der Waals surface area contributed by atoms with Crippen molar-refractivity contribution < 1.29 is 31.4 Å². The molecule has 3 heterocycles. The van der Waals surface area contributed by atoms with E-state index in [1.165, 1.54) is 16.5 Å². The van der Waals surface area contributed by atoms with Crippen LogP contribution in [0.5, 0.6) is 5.75 Å². The van der Waals surface area contributed by atoms with Gasteiger partial charge in [-0.2, -0.15) is 5.10 Å². The Hall–Kier alpha value is -2.73. The van der Waals surface area contributed by atoms with Crippen LogP contribution in [0.15, 0.2) is 30.0 Å². The Morgan fingerprint density at radius 2 is 1.97 bits per heavy atom. The second-order valence-corrected chi connectivity index (χ2v) is 8.39. The maximum absolute atomic E-state index is 13.2. The van der Waals surface area contributed by atoms with Crippen molar-refractivity contribution in [2.24, 2.45) is 5.92 Å². The van der Waals surface area contributed by atoms with E-state index in [9.17, 15) is 22.0 Å². The Morgan fingerprint density at radius 1 is 1.21 bits per heavy atom. The highest BCUT2D eigenvalue weighted by Crippen LogP contribution is 2.60. The molecule has 0 unspecified atom stereocenters. The van der Waals surface area contributed by atoms with Crippen LogP contribution < -0.4 is 10.5 Å². The number of halogens is 5. The first-order chi connectivity index (χ1) is 15.7. The zero-order chi connectivity index (χ0) is 23.3. The van der Waals surface area contributed by atoms with Crippen LogP contribution in [0.25, 0.3) is 11.3 Å². The minimum atomic E-state index is -4.94. The monoisotopic (exact) mass is 471 g/mol. The summed E-state index contributed by atoms with van der Waals surface area (Å²) in [5.74, 6) is -0.855. The average Bonchev–Trinajstić information content (AvgIpc) is 3.09. The largest absolute Gasteiger partial charge is 0.573 e. The molecule has 2 N–H and O–H groups in total. The number of rotatable bonds is 6. The third-order valence-corrected chi connectivity index (χ3v) is 6.32. The standard InChI is InChI=1S/C21H22F5N5O2/c22-18(23)10-31-16(19-13-6-12(7-14(13)19)30-1-3-32-4-2-30)8-15(29-31)11-5-17(20(27)28-9-11)33-21(24,25)26/h5-6,8-9,12,14,18-19H,1-4,7,10H2,(H2,27,28)/t12-,14-,19-/m1/s1. The van der Waals surface area contributed by atoms with E-state index in [0.717, 1.165) is 25.6 Å². The smallest absolute Gasteiger partial charge is 0.402 e. The SMILES string of the molecule is Nc1ncc(-c2cc([C@@H]3C4=C[C@@H](N5CCOCC5)C[C@H]43)n(CC(F)F)n2)cc1OC(F)(F)F. The second-order valence-electron chi connectivity index (χ2n) is 8.39. The number of hydrogen-bond donors (Lipinski definition) is 1. The number of nitrogens with zero attached hydrogens (tertiary/aromatic N) is 4. The fourth-order valence-electron chi connectivity index (χ4n) is 4.83. The summed E-state index contributed by atoms with van der Waals surface area (Å²) in [6, 6.07) is 3.02. The molecule has 5 rings (SSSR count). The van der Waals surface area contributed by atoms with E-state index in [0.29, 0.717) is 24.9 Å². The number of pyridine rings is 1. The minimum absolute atomic E-state index is 0.0186. The van der Waals surface area contributed by atoms with Gasteiger partial charge in [0.15, 0.2) is 11.6 Å². The second kappa shape index (κ2) is 8.24. The summed E-state index contributed by atoms with van der Waals surface area (Å²) in [5.41, 5.74) is 7.75. The lowest BCUT2D eigenvalue weighted by molar-refractivity contribution is -0.274. The highest BCUT2D eigenvalue weighted by Gasteiger charge is 2.52. The molecule has 0 amide bonds. The predicted molar refractivity (Wildman–Crippen MR) is 108 cm³/mol. The van der Waals surface area contributed by atoms with Gasteiger partial charge in [0, 0.05) is 42.5 Å². The summed E-state index contributed by atoms with van der Waals surface area (Å²) in [6.07, 6.45) is -3.20. The Labute approximate surface area is 186 Å². The molecule has 3 atom stereocenters. The first kappa shape index (κ1) is 22.1. The van der Waals surface area contributed by atoms with Gasteiger partial charge in [0.2, 0.25) is 0 Å². The molecule has 0 bridgehead atoms. The van der Waals surface area contributed by atoms with Crippen LogP contribution in [0.2, 0.25) is 0 Å². The molecular weight excluding hydrogens is 449 g/mol. The molecule has 1 saturated carbocycles. The summed E-state index contributed by atoms with van der Waals surface area (Å²) < 4.78 is 75.0. The number of allylic oxidation sites excluding steroid dienone is 1. The first-order valence-electron chi connectivity index (χ1n) is 10.6. The van der Waals surface area contributed by atoms with E-state index in [1.54, 1.807) is 6.07 Å².